The first-order valence-electron chi connectivity index (χ1n) is 7.95. The van der Waals surface area contributed by atoms with Crippen molar-refractivity contribution < 1.29 is 9.47 Å². The van der Waals surface area contributed by atoms with E-state index in [1.807, 2.05) is 0 Å². The molecule has 1 N–H and O–H groups in total. The van der Waals surface area contributed by atoms with Gasteiger partial charge in [0.2, 0.25) is 0 Å². The Kier molecular flexibility index (Phi) is 6.19. The van der Waals surface area contributed by atoms with E-state index in [1.54, 1.807) is 0 Å². The van der Waals surface area contributed by atoms with Crippen LogP contribution in [0.15, 0.2) is 18.2 Å². The lowest BCUT2D eigenvalue weighted by molar-refractivity contribution is 0.297. The number of nitrogens with one attached hydrogen (secondary N) is 1. The number of benzene rings is 1. The Labute approximate surface area is 122 Å². The summed E-state index contributed by atoms with van der Waals surface area (Å²) in [4.78, 5) is 0. The van der Waals surface area contributed by atoms with Crippen LogP contribution in [0.1, 0.15) is 45.1 Å². The molecule has 0 saturated heterocycles. The monoisotopic (exact) mass is 277 g/mol. The summed E-state index contributed by atoms with van der Waals surface area (Å²) in [6.07, 6.45) is 5.61. The molecule has 0 fully saturated rings. The fourth-order valence-electron chi connectivity index (χ4n) is 2.50. The van der Waals surface area contributed by atoms with Gasteiger partial charge in [0, 0.05) is 12.5 Å². The Morgan fingerprint density at radius 1 is 1.15 bits per heavy atom. The molecular weight excluding hydrogens is 250 g/mol. The summed E-state index contributed by atoms with van der Waals surface area (Å²) in [5.74, 6) is 1.80. The molecule has 0 spiro atoms. The highest BCUT2D eigenvalue weighted by atomic mass is 16.5. The van der Waals surface area contributed by atoms with E-state index in [4.69, 9.17) is 9.47 Å². The molecule has 0 radical (unpaired) electrons. The SMILES string of the molecule is CCCNC(CC)CCc1ccc2c(c1)OCCCO2. The summed E-state index contributed by atoms with van der Waals surface area (Å²) < 4.78 is 11.4. The van der Waals surface area contributed by atoms with Crippen LogP contribution >= 0.6 is 0 Å². The molecule has 112 valence electrons. The minimum atomic E-state index is 0.617. The number of aryl methyl sites for hydroxylation is 1. The molecule has 1 heterocycles. The van der Waals surface area contributed by atoms with E-state index in [0.29, 0.717) is 6.04 Å². The van der Waals surface area contributed by atoms with Crippen LogP contribution in [0, 0.1) is 0 Å². The second-order valence-electron chi connectivity index (χ2n) is 5.43. The largest absolute Gasteiger partial charge is 0.490 e. The highest BCUT2D eigenvalue weighted by Crippen LogP contribution is 2.30. The maximum absolute atomic E-state index is 5.75. The molecule has 1 aliphatic heterocycles. The third-order valence-corrected chi connectivity index (χ3v) is 3.77. The average Bonchev–Trinajstić information content (AvgIpc) is 2.72. The average molecular weight is 277 g/mol. The Hall–Kier alpha value is -1.22. The summed E-state index contributed by atoms with van der Waals surface area (Å²) in [6, 6.07) is 6.98. The van der Waals surface area contributed by atoms with Gasteiger partial charge >= 0.3 is 0 Å². The van der Waals surface area contributed by atoms with Gasteiger partial charge in [0.1, 0.15) is 0 Å². The van der Waals surface area contributed by atoms with E-state index >= 15 is 0 Å². The fourth-order valence-corrected chi connectivity index (χ4v) is 2.50. The minimum Gasteiger partial charge on any atom is -0.490 e. The molecule has 1 aromatic carbocycles. The first kappa shape index (κ1) is 15.2. The normalized spacial score (nSPS) is 15.7. The van der Waals surface area contributed by atoms with Gasteiger partial charge in [-0.3, -0.25) is 0 Å². The Balaban J connectivity index is 1.91. The molecular formula is C17H27NO2. The molecule has 0 saturated carbocycles. The first-order chi connectivity index (χ1) is 9.83. The maximum atomic E-state index is 5.75. The Morgan fingerprint density at radius 3 is 2.70 bits per heavy atom. The zero-order chi connectivity index (χ0) is 14.2. The molecule has 0 bridgehead atoms. The summed E-state index contributed by atoms with van der Waals surface area (Å²) in [5.41, 5.74) is 1.34. The molecule has 0 aromatic heterocycles. The van der Waals surface area contributed by atoms with E-state index in [-0.39, 0.29) is 0 Å². The van der Waals surface area contributed by atoms with Crippen LogP contribution in [-0.2, 0) is 6.42 Å². The lowest BCUT2D eigenvalue weighted by Crippen LogP contribution is -2.29. The molecule has 0 amide bonds. The maximum Gasteiger partial charge on any atom is 0.161 e. The van der Waals surface area contributed by atoms with Crippen molar-refractivity contribution in [2.75, 3.05) is 19.8 Å². The quantitative estimate of drug-likeness (QED) is 0.826. The van der Waals surface area contributed by atoms with Crippen LogP contribution in [0.3, 0.4) is 0 Å². The van der Waals surface area contributed by atoms with Gasteiger partial charge in [0.25, 0.3) is 0 Å². The molecule has 20 heavy (non-hydrogen) atoms. The van der Waals surface area contributed by atoms with Gasteiger partial charge in [-0.25, -0.2) is 0 Å². The molecule has 3 heteroatoms. The van der Waals surface area contributed by atoms with Crippen LogP contribution in [-0.4, -0.2) is 25.8 Å². The van der Waals surface area contributed by atoms with Gasteiger partial charge in [-0.15, -0.1) is 0 Å². The van der Waals surface area contributed by atoms with Crippen molar-refractivity contribution in [3.8, 4) is 11.5 Å². The molecule has 2 rings (SSSR count). The Bertz CT molecular complexity index is 406. The number of rotatable bonds is 7. The van der Waals surface area contributed by atoms with Crippen molar-refractivity contribution in [1.29, 1.82) is 0 Å². The van der Waals surface area contributed by atoms with Gasteiger partial charge in [-0.2, -0.15) is 0 Å². The first-order valence-corrected chi connectivity index (χ1v) is 7.95. The zero-order valence-electron chi connectivity index (χ0n) is 12.8. The number of hydrogen-bond acceptors (Lipinski definition) is 3. The highest BCUT2D eigenvalue weighted by Gasteiger charge is 2.11. The van der Waals surface area contributed by atoms with Gasteiger partial charge < -0.3 is 14.8 Å². The van der Waals surface area contributed by atoms with Crippen molar-refractivity contribution in [2.24, 2.45) is 0 Å². The van der Waals surface area contributed by atoms with Gasteiger partial charge in [0.05, 0.1) is 13.2 Å². The molecule has 1 unspecified atom stereocenters. The van der Waals surface area contributed by atoms with Gasteiger partial charge in [0.15, 0.2) is 11.5 Å². The summed E-state index contributed by atoms with van der Waals surface area (Å²) in [6.45, 7) is 7.09. The molecule has 1 aliphatic rings. The van der Waals surface area contributed by atoms with E-state index in [1.165, 1.54) is 24.8 Å². The minimum absolute atomic E-state index is 0.617. The third kappa shape index (κ3) is 4.41. The van der Waals surface area contributed by atoms with Gasteiger partial charge in [-0.05, 0) is 49.9 Å². The highest BCUT2D eigenvalue weighted by molar-refractivity contribution is 5.43. The smallest absolute Gasteiger partial charge is 0.161 e. The van der Waals surface area contributed by atoms with Crippen molar-refractivity contribution >= 4 is 0 Å². The number of ether oxygens (including phenoxy) is 2. The zero-order valence-corrected chi connectivity index (χ0v) is 12.8. The second kappa shape index (κ2) is 8.15. The molecule has 0 aliphatic carbocycles. The Morgan fingerprint density at radius 2 is 1.95 bits per heavy atom. The third-order valence-electron chi connectivity index (χ3n) is 3.77. The number of hydrogen-bond donors (Lipinski definition) is 1. The lowest BCUT2D eigenvalue weighted by Gasteiger charge is -2.17. The van der Waals surface area contributed by atoms with Crippen LogP contribution in [0.2, 0.25) is 0 Å². The molecule has 1 atom stereocenters. The van der Waals surface area contributed by atoms with E-state index in [2.05, 4.69) is 37.4 Å². The fraction of sp³-hybridized carbons (Fsp3) is 0.647. The van der Waals surface area contributed by atoms with E-state index in [0.717, 1.165) is 44.1 Å². The van der Waals surface area contributed by atoms with E-state index in [9.17, 15) is 0 Å². The van der Waals surface area contributed by atoms with Crippen LogP contribution in [0.4, 0.5) is 0 Å². The standard InChI is InChI=1S/C17H27NO2/c1-3-10-18-15(4-2)8-6-14-7-9-16-17(13-14)20-12-5-11-19-16/h7,9,13,15,18H,3-6,8,10-12H2,1-2H3. The number of fused-ring (bicyclic) bond motifs is 1. The van der Waals surface area contributed by atoms with Crippen LogP contribution < -0.4 is 14.8 Å². The second-order valence-corrected chi connectivity index (χ2v) is 5.43. The predicted octanol–water partition coefficient (Wildman–Crippen LogP) is 3.56. The van der Waals surface area contributed by atoms with Crippen molar-refractivity contribution in [2.45, 2.75) is 52.0 Å². The molecule has 3 nitrogen and oxygen atoms in total. The van der Waals surface area contributed by atoms with Crippen molar-refractivity contribution in [1.82, 2.24) is 5.32 Å². The topological polar surface area (TPSA) is 30.5 Å². The van der Waals surface area contributed by atoms with Crippen LogP contribution in [0.5, 0.6) is 11.5 Å². The van der Waals surface area contributed by atoms with Gasteiger partial charge in [-0.1, -0.05) is 19.9 Å². The van der Waals surface area contributed by atoms with Crippen molar-refractivity contribution in [3.05, 3.63) is 23.8 Å². The van der Waals surface area contributed by atoms with Crippen LogP contribution in [0.25, 0.3) is 0 Å². The summed E-state index contributed by atoms with van der Waals surface area (Å²) >= 11 is 0. The summed E-state index contributed by atoms with van der Waals surface area (Å²) in [5, 5.41) is 3.61. The lowest BCUT2D eigenvalue weighted by atomic mass is 10.0. The predicted molar refractivity (Wildman–Crippen MR) is 82.7 cm³/mol. The van der Waals surface area contributed by atoms with E-state index < -0.39 is 0 Å². The molecule has 1 aromatic rings. The summed E-state index contributed by atoms with van der Waals surface area (Å²) in [7, 11) is 0. The van der Waals surface area contributed by atoms with Crippen molar-refractivity contribution in [3.63, 3.8) is 0 Å².